The van der Waals surface area contributed by atoms with Crippen LogP contribution < -0.4 is 11.1 Å². The van der Waals surface area contributed by atoms with Gasteiger partial charge in [-0.15, -0.1) is 11.8 Å². The van der Waals surface area contributed by atoms with E-state index in [0.29, 0.717) is 18.0 Å². The van der Waals surface area contributed by atoms with Crippen LogP contribution in [-0.2, 0) is 4.74 Å². The topological polar surface area (TPSA) is 77.2 Å². The SMILES string of the molecule is Nc1cccnc1SCC1CNC(=O)O1. The number of carbonyl (C=O) groups excluding carboxylic acids is 1. The van der Waals surface area contributed by atoms with Crippen molar-refractivity contribution in [3.05, 3.63) is 18.3 Å². The van der Waals surface area contributed by atoms with Crippen LogP contribution in [0.4, 0.5) is 10.5 Å². The smallest absolute Gasteiger partial charge is 0.407 e. The number of rotatable bonds is 3. The molecule has 0 saturated carbocycles. The maximum atomic E-state index is 10.7. The van der Waals surface area contributed by atoms with Gasteiger partial charge in [0.25, 0.3) is 0 Å². The maximum absolute atomic E-state index is 10.7. The van der Waals surface area contributed by atoms with Crippen LogP contribution in [0.5, 0.6) is 0 Å². The minimum atomic E-state index is -0.352. The minimum absolute atomic E-state index is 0.0936. The Morgan fingerprint density at radius 2 is 2.60 bits per heavy atom. The van der Waals surface area contributed by atoms with Crippen LogP contribution in [0.1, 0.15) is 0 Å². The first-order valence-corrected chi connectivity index (χ1v) is 5.52. The molecule has 0 radical (unpaired) electrons. The Hall–Kier alpha value is -1.43. The number of nitrogens with one attached hydrogen (secondary N) is 1. The Morgan fingerprint density at radius 3 is 3.27 bits per heavy atom. The average Bonchev–Trinajstić information content (AvgIpc) is 2.63. The van der Waals surface area contributed by atoms with E-state index in [9.17, 15) is 4.79 Å². The highest BCUT2D eigenvalue weighted by Crippen LogP contribution is 2.23. The first-order valence-electron chi connectivity index (χ1n) is 4.53. The third-order valence-electron chi connectivity index (χ3n) is 1.95. The molecule has 1 fully saturated rings. The molecular weight excluding hydrogens is 214 g/mol. The van der Waals surface area contributed by atoms with Gasteiger partial charge in [0.05, 0.1) is 12.2 Å². The molecule has 1 saturated heterocycles. The number of cyclic esters (lactones) is 1. The fraction of sp³-hybridized carbons (Fsp3) is 0.333. The number of hydrogen-bond acceptors (Lipinski definition) is 5. The van der Waals surface area contributed by atoms with Crippen LogP contribution in [0.15, 0.2) is 23.4 Å². The lowest BCUT2D eigenvalue weighted by atomic mass is 10.4. The molecule has 2 rings (SSSR count). The van der Waals surface area contributed by atoms with E-state index in [-0.39, 0.29) is 12.2 Å². The largest absolute Gasteiger partial charge is 0.443 e. The standard InChI is InChI=1S/C9H11N3O2S/c10-7-2-1-3-11-8(7)15-5-6-4-12-9(13)14-6/h1-3,6H,4-5,10H2,(H,12,13). The van der Waals surface area contributed by atoms with Gasteiger partial charge in [-0.1, -0.05) is 0 Å². The molecule has 1 aromatic rings. The zero-order chi connectivity index (χ0) is 10.7. The summed E-state index contributed by atoms with van der Waals surface area (Å²) in [6, 6.07) is 3.59. The van der Waals surface area contributed by atoms with Crippen LogP contribution in [0.3, 0.4) is 0 Å². The number of carbonyl (C=O) groups is 1. The number of alkyl carbamates (subject to hydrolysis) is 1. The molecule has 1 atom stereocenters. The minimum Gasteiger partial charge on any atom is -0.443 e. The van der Waals surface area contributed by atoms with E-state index < -0.39 is 0 Å². The first-order chi connectivity index (χ1) is 7.25. The maximum Gasteiger partial charge on any atom is 0.407 e. The van der Waals surface area contributed by atoms with Crippen LogP contribution in [0.25, 0.3) is 0 Å². The van der Waals surface area contributed by atoms with E-state index in [1.165, 1.54) is 11.8 Å². The van der Waals surface area contributed by atoms with Crippen molar-refractivity contribution < 1.29 is 9.53 Å². The van der Waals surface area contributed by atoms with Crippen molar-refractivity contribution in [1.29, 1.82) is 0 Å². The van der Waals surface area contributed by atoms with Crippen LogP contribution in [-0.4, -0.2) is 29.5 Å². The second-order valence-corrected chi connectivity index (χ2v) is 4.13. The van der Waals surface area contributed by atoms with Crippen molar-refractivity contribution in [2.75, 3.05) is 18.0 Å². The van der Waals surface area contributed by atoms with Gasteiger partial charge in [0.15, 0.2) is 0 Å². The summed E-state index contributed by atoms with van der Waals surface area (Å²) in [6.07, 6.45) is 1.25. The molecule has 1 unspecified atom stereocenters. The number of amides is 1. The number of anilines is 1. The van der Waals surface area contributed by atoms with E-state index in [2.05, 4.69) is 10.3 Å². The summed E-state index contributed by atoms with van der Waals surface area (Å²) < 4.78 is 4.98. The van der Waals surface area contributed by atoms with Crippen molar-refractivity contribution in [3.63, 3.8) is 0 Å². The number of nitrogen functional groups attached to an aromatic ring is 1. The quantitative estimate of drug-likeness (QED) is 0.746. The van der Waals surface area contributed by atoms with Crippen molar-refractivity contribution in [1.82, 2.24) is 10.3 Å². The van der Waals surface area contributed by atoms with Crippen LogP contribution in [0.2, 0.25) is 0 Å². The van der Waals surface area contributed by atoms with Gasteiger partial charge in [-0.05, 0) is 12.1 Å². The number of hydrogen-bond donors (Lipinski definition) is 2. The Bertz CT molecular complexity index is 372. The lowest BCUT2D eigenvalue weighted by molar-refractivity contribution is 0.150. The molecule has 3 N–H and O–H groups in total. The van der Waals surface area contributed by atoms with Gasteiger partial charge in [-0.3, -0.25) is 0 Å². The first kappa shape index (κ1) is 10.1. The molecule has 1 aliphatic rings. The predicted octanol–water partition coefficient (Wildman–Crippen LogP) is 0.864. The molecule has 1 aliphatic heterocycles. The molecule has 1 amide bonds. The zero-order valence-electron chi connectivity index (χ0n) is 7.97. The van der Waals surface area contributed by atoms with Gasteiger partial charge in [0.1, 0.15) is 11.1 Å². The Kier molecular flexibility index (Phi) is 2.96. The number of ether oxygens (including phenoxy) is 1. The summed E-state index contributed by atoms with van der Waals surface area (Å²) in [5, 5.41) is 3.37. The third-order valence-corrected chi connectivity index (χ3v) is 3.11. The molecule has 1 aromatic heterocycles. The van der Waals surface area contributed by atoms with Gasteiger partial charge in [-0.25, -0.2) is 9.78 Å². The van der Waals surface area contributed by atoms with E-state index >= 15 is 0 Å². The molecule has 15 heavy (non-hydrogen) atoms. The molecule has 0 bridgehead atoms. The molecule has 0 spiro atoms. The summed E-state index contributed by atoms with van der Waals surface area (Å²) >= 11 is 1.49. The highest BCUT2D eigenvalue weighted by atomic mass is 32.2. The number of pyridine rings is 1. The second-order valence-electron chi connectivity index (χ2n) is 3.12. The van der Waals surface area contributed by atoms with Crippen LogP contribution >= 0.6 is 11.8 Å². The monoisotopic (exact) mass is 225 g/mol. The average molecular weight is 225 g/mol. The van der Waals surface area contributed by atoms with Crippen LogP contribution in [0, 0.1) is 0 Å². The Balaban J connectivity index is 1.88. The van der Waals surface area contributed by atoms with Gasteiger partial charge in [-0.2, -0.15) is 0 Å². The van der Waals surface area contributed by atoms with Crippen molar-refractivity contribution in [3.8, 4) is 0 Å². The van der Waals surface area contributed by atoms with E-state index in [4.69, 9.17) is 10.5 Å². The highest BCUT2D eigenvalue weighted by molar-refractivity contribution is 7.99. The summed E-state index contributed by atoms with van der Waals surface area (Å²) in [5.41, 5.74) is 6.38. The summed E-state index contributed by atoms with van der Waals surface area (Å²) in [4.78, 5) is 14.9. The van der Waals surface area contributed by atoms with Crippen molar-refractivity contribution in [2.45, 2.75) is 11.1 Å². The summed E-state index contributed by atoms with van der Waals surface area (Å²) in [5.74, 6) is 0.667. The Labute approximate surface area is 91.4 Å². The summed E-state index contributed by atoms with van der Waals surface area (Å²) in [7, 11) is 0. The van der Waals surface area contributed by atoms with E-state index in [1.54, 1.807) is 18.3 Å². The van der Waals surface area contributed by atoms with Crippen molar-refractivity contribution >= 4 is 23.5 Å². The lowest BCUT2D eigenvalue weighted by Gasteiger charge is -2.07. The van der Waals surface area contributed by atoms with Gasteiger partial charge in [0.2, 0.25) is 0 Å². The molecule has 0 aromatic carbocycles. The molecule has 6 heteroatoms. The molecule has 80 valence electrons. The molecule has 0 aliphatic carbocycles. The van der Waals surface area contributed by atoms with Gasteiger partial charge < -0.3 is 15.8 Å². The fourth-order valence-corrected chi connectivity index (χ4v) is 2.12. The lowest BCUT2D eigenvalue weighted by Crippen LogP contribution is -2.16. The predicted molar refractivity (Wildman–Crippen MR) is 57.6 cm³/mol. The second kappa shape index (κ2) is 4.39. The van der Waals surface area contributed by atoms with E-state index in [0.717, 1.165) is 5.03 Å². The van der Waals surface area contributed by atoms with E-state index in [1.807, 2.05) is 0 Å². The molecular formula is C9H11N3O2S. The molecule has 5 nitrogen and oxygen atoms in total. The van der Waals surface area contributed by atoms with Crippen molar-refractivity contribution in [2.24, 2.45) is 0 Å². The fourth-order valence-electron chi connectivity index (χ4n) is 1.22. The zero-order valence-corrected chi connectivity index (χ0v) is 8.79. The third kappa shape index (κ3) is 2.53. The normalized spacial score (nSPS) is 19.7. The number of nitrogens with two attached hydrogens (primary N) is 1. The molecule has 2 heterocycles. The van der Waals surface area contributed by atoms with Gasteiger partial charge in [0, 0.05) is 11.9 Å². The Morgan fingerprint density at radius 1 is 1.73 bits per heavy atom. The summed E-state index contributed by atoms with van der Waals surface area (Å²) in [6.45, 7) is 0.554. The number of thioether (sulfide) groups is 1. The van der Waals surface area contributed by atoms with Gasteiger partial charge >= 0.3 is 6.09 Å². The number of nitrogens with zero attached hydrogens (tertiary/aromatic N) is 1. The number of aromatic nitrogens is 1. The highest BCUT2D eigenvalue weighted by Gasteiger charge is 2.22.